The topological polar surface area (TPSA) is 18.5 Å². The van der Waals surface area contributed by atoms with Gasteiger partial charge in [0.2, 0.25) is 0 Å². The van der Waals surface area contributed by atoms with Crippen molar-refractivity contribution in [3.8, 4) is 0 Å². The minimum absolute atomic E-state index is 0.917. The summed E-state index contributed by atoms with van der Waals surface area (Å²) >= 11 is 0. The minimum Gasteiger partial charge on any atom is -0.439 e. The van der Waals surface area contributed by atoms with Crippen molar-refractivity contribution in [3.05, 3.63) is 0 Å². The van der Waals surface area contributed by atoms with Crippen molar-refractivity contribution in [1.82, 2.24) is 0 Å². The molecule has 0 saturated heterocycles. The van der Waals surface area contributed by atoms with Crippen LogP contribution in [-0.2, 0) is 8.23 Å². The smallest absolute Gasteiger partial charge is 0.311 e. The predicted molar refractivity (Wildman–Crippen MR) is 87.5 cm³/mol. The molecule has 1 aliphatic rings. The molecule has 0 aromatic rings. The molecule has 1 atom stereocenters. The minimum atomic E-state index is -1.88. The van der Waals surface area contributed by atoms with Crippen LogP contribution in [0.25, 0.3) is 0 Å². The van der Waals surface area contributed by atoms with Crippen molar-refractivity contribution in [2.24, 2.45) is 0 Å². The molecule has 18 heavy (non-hydrogen) atoms. The maximum Gasteiger partial charge on any atom is 0.311 e. The first-order valence-electron chi connectivity index (χ1n) is 7.61. The van der Waals surface area contributed by atoms with E-state index in [2.05, 4.69) is 39.7 Å². The maximum absolute atomic E-state index is 6.59. The molecule has 0 amide bonds. The molecule has 1 saturated carbocycles. The number of hydrogen-bond acceptors (Lipinski definition) is 2. The molecule has 1 rings (SSSR count). The van der Waals surface area contributed by atoms with Crippen molar-refractivity contribution in [1.29, 1.82) is 0 Å². The molecule has 0 spiro atoms. The fourth-order valence-electron chi connectivity index (χ4n) is 3.14. The zero-order chi connectivity index (χ0) is 13.8. The van der Waals surface area contributed by atoms with Crippen LogP contribution >= 0.6 is 0 Å². The molecule has 2 nitrogen and oxygen atoms in total. The average Bonchev–Trinajstić information content (AvgIpc) is 2.24. The van der Waals surface area contributed by atoms with Crippen molar-refractivity contribution in [2.45, 2.75) is 83.3 Å². The summed E-state index contributed by atoms with van der Waals surface area (Å²) in [6.45, 7) is 13.6. The summed E-state index contributed by atoms with van der Waals surface area (Å²) in [5.74, 6) is 0. The summed E-state index contributed by atoms with van der Waals surface area (Å²) in [7, 11) is -4.40. The second kappa shape index (κ2) is 6.83. The van der Waals surface area contributed by atoms with Crippen LogP contribution in [0.3, 0.4) is 0 Å². The highest BCUT2D eigenvalue weighted by molar-refractivity contribution is 6.84. The monoisotopic (exact) mass is 304 g/mol. The van der Waals surface area contributed by atoms with E-state index in [0.29, 0.717) is 0 Å². The lowest BCUT2D eigenvalue weighted by molar-refractivity contribution is 0.378. The van der Waals surface area contributed by atoms with Crippen LogP contribution in [0.2, 0.25) is 44.3 Å². The van der Waals surface area contributed by atoms with Crippen LogP contribution < -0.4 is 0 Å². The highest BCUT2D eigenvalue weighted by Gasteiger charge is 2.36. The Morgan fingerprint density at radius 1 is 1.00 bits per heavy atom. The molecule has 108 valence electrons. The average molecular weight is 305 g/mol. The van der Waals surface area contributed by atoms with Gasteiger partial charge in [0.15, 0.2) is 17.4 Å². The standard InChI is InChI=1S/C13H32O2Si3/c1-7-16(13-11-9-8-10-12-13)14-18(5,6)15-17(2,3)4/h13,16H,7-12H2,1-6H3. The summed E-state index contributed by atoms with van der Waals surface area (Å²) in [6, 6.07) is 1.27. The van der Waals surface area contributed by atoms with Crippen LogP contribution in [0.4, 0.5) is 0 Å². The van der Waals surface area contributed by atoms with Gasteiger partial charge in [0.1, 0.15) is 0 Å². The summed E-state index contributed by atoms with van der Waals surface area (Å²) in [5.41, 5.74) is 0.917. The van der Waals surface area contributed by atoms with Crippen molar-refractivity contribution >= 4 is 25.9 Å². The predicted octanol–water partition coefficient (Wildman–Crippen LogP) is 4.63. The van der Waals surface area contributed by atoms with Crippen LogP contribution in [0.1, 0.15) is 39.0 Å². The Morgan fingerprint density at radius 2 is 1.56 bits per heavy atom. The second-order valence-corrected chi connectivity index (χ2v) is 18.7. The Kier molecular flexibility index (Phi) is 6.31. The van der Waals surface area contributed by atoms with E-state index < -0.39 is 25.9 Å². The van der Waals surface area contributed by atoms with Gasteiger partial charge in [-0.25, -0.2) is 0 Å². The van der Waals surface area contributed by atoms with Crippen molar-refractivity contribution < 1.29 is 8.23 Å². The summed E-state index contributed by atoms with van der Waals surface area (Å²) < 4.78 is 12.9. The molecule has 0 aromatic heterocycles. The molecule has 0 radical (unpaired) electrons. The van der Waals surface area contributed by atoms with E-state index in [0.717, 1.165) is 5.54 Å². The Bertz CT molecular complexity index is 245. The van der Waals surface area contributed by atoms with E-state index in [1.165, 1.54) is 38.1 Å². The van der Waals surface area contributed by atoms with Crippen molar-refractivity contribution in [2.75, 3.05) is 0 Å². The molecule has 0 bridgehead atoms. The first-order valence-corrected chi connectivity index (χ1v) is 15.8. The zero-order valence-corrected chi connectivity index (χ0v) is 16.4. The van der Waals surface area contributed by atoms with E-state index in [4.69, 9.17) is 8.23 Å². The fourth-order valence-corrected chi connectivity index (χ4v) is 15.9. The van der Waals surface area contributed by atoms with Gasteiger partial charge in [-0.1, -0.05) is 39.0 Å². The first-order chi connectivity index (χ1) is 8.23. The van der Waals surface area contributed by atoms with E-state index in [1.807, 2.05) is 0 Å². The molecule has 0 heterocycles. The number of hydrogen-bond donors (Lipinski definition) is 0. The Hall–Kier alpha value is 0.571. The Morgan fingerprint density at radius 3 is 2.00 bits per heavy atom. The summed E-state index contributed by atoms with van der Waals surface area (Å²) in [6.07, 6.45) is 7.13. The van der Waals surface area contributed by atoms with Crippen LogP contribution in [0, 0.1) is 0 Å². The van der Waals surface area contributed by atoms with Crippen LogP contribution in [0.5, 0.6) is 0 Å². The highest BCUT2D eigenvalue weighted by atomic mass is 28.5. The molecule has 1 unspecified atom stereocenters. The third-order valence-corrected chi connectivity index (χ3v) is 14.0. The van der Waals surface area contributed by atoms with Crippen LogP contribution in [-0.4, -0.2) is 25.9 Å². The van der Waals surface area contributed by atoms with E-state index in [1.54, 1.807) is 0 Å². The fraction of sp³-hybridized carbons (Fsp3) is 1.00. The number of rotatable bonds is 6. The third-order valence-electron chi connectivity index (χ3n) is 3.57. The summed E-state index contributed by atoms with van der Waals surface area (Å²) in [4.78, 5) is 0. The zero-order valence-electron chi connectivity index (χ0n) is 13.2. The quantitative estimate of drug-likeness (QED) is 0.666. The van der Waals surface area contributed by atoms with Gasteiger partial charge < -0.3 is 8.23 Å². The lowest BCUT2D eigenvalue weighted by Crippen LogP contribution is -2.49. The SMILES string of the molecule is CC[SiH](O[Si](C)(C)O[Si](C)(C)C)C1CCCCC1. The molecule has 0 N–H and O–H groups in total. The van der Waals surface area contributed by atoms with E-state index in [9.17, 15) is 0 Å². The highest BCUT2D eigenvalue weighted by Crippen LogP contribution is 2.34. The normalized spacial score (nSPS) is 21.0. The second-order valence-electron chi connectivity index (χ2n) is 7.08. The third kappa shape index (κ3) is 6.14. The summed E-state index contributed by atoms with van der Waals surface area (Å²) in [5, 5.41) is 0. The molecule has 0 aliphatic heterocycles. The molecular formula is C13H32O2Si3. The largest absolute Gasteiger partial charge is 0.439 e. The van der Waals surface area contributed by atoms with Crippen LogP contribution in [0.15, 0.2) is 0 Å². The maximum atomic E-state index is 6.59. The van der Waals surface area contributed by atoms with Gasteiger partial charge in [-0.3, -0.25) is 0 Å². The molecule has 5 heteroatoms. The van der Waals surface area contributed by atoms with Gasteiger partial charge in [0.25, 0.3) is 0 Å². The van der Waals surface area contributed by atoms with Gasteiger partial charge in [0, 0.05) is 0 Å². The first kappa shape index (κ1) is 16.6. The van der Waals surface area contributed by atoms with Gasteiger partial charge in [-0.15, -0.1) is 0 Å². The molecule has 0 aromatic carbocycles. The van der Waals surface area contributed by atoms with E-state index in [-0.39, 0.29) is 0 Å². The van der Waals surface area contributed by atoms with Gasteiger partial charge in [0.05, 0.1) is 0 Å². The van der Waals surface area contributed by atoms with Crippen molar-refractivity contribution in [3.63, 3.8) is 0 Å². The Balaban J connectivity index is 2.55. The van der Waals surface area contributed by atoms with Gasteiger partial charge in [-0.2, -0.15) is 0 Å². The Labute approximate surface area is 118 Å². The lowest BCUT2D eigenvalue weighted by atomic mass is 10.0. The molecule has 1 aliphatic carbocycles. The van der Waals surface area contributed by atoms with Gasteiger partial charge in [-0.05, 0) is 44.3 Å². The van der Waals surface area contributed by atoms with E-state index >= 15 is 0 Å². The van der Waals surface area contributed by atoms with Gasteiger partial charge >= 0.3 is 8.56 Å². The molecular weight excluding hydrogens is 272 g/mol. The lowest BCUT2D eigenvalue weighted by Gasteiger charge is -2.37. The molecule has 1 fully saturated rings.